The van der Waals surface area contributed by atoms with Crippen LogP contribution in [0.25, 0.3) is 10.9 Å². The zero-order chi connectivity index (χ0) is 19.9. The first-order valence-electron chi connectivity index (χ1n) is 8.74. The lowest BCUT2D eigenvalue weighted by Crippen LogP contribution is -2.34. The molecule has 0 saturated heterocycles. The molecule has 1 N–H and O–H groups in total. The second-order valence-electron chi connectivity index (χ2n) is 7.60. The van der Waals surface area contributed by atoms with Crippen LogP contribution in [0.5, 0.6) is 0 Å². The van der Waals surface area contributed by atoms with Crippen molar-refractivity contribution in [2.75, 3.05) is 11.9 Å². The van der Waals surface area contributed by atoms with Crippen molar-refractivity contribution in [2.45, 2.75) is 39.4 Å². The van der Waals surface area contributed by atoms with Gasteiger partial charge in [-0.3, -0.25) is 4.90 Å². The van der Waals surface area contributed by atoms with E-state index in [1.54, 1.807) is 7.05 Å². The highest BCUT2D eigenvalue weighted by Gasteiger charge is 2.26. The highest BCUT2D eigenvalue weighted by molar-refractivity contribution is 7.16. The number of carbonyl (C=O) groups excluding carboxylic acids is 1. The summed E-state index contributed by atoms with van der Waals surface area (Å²) in [4.78, 5) is 18.3. The van der Waals surface area contributed by atoms with Gasteiger partial charge in [-0.1, -0.05) is 29.5 Å². The number of amides is 1. The predicted octanol–water partition coefficient (Wildman–Crippen LogP) is 4.40. The lowest BCUT2D eigenvalue weighted by molar-refractivity contribution is 0.0590. The zero-order valence-electron chi connectivity index (χ0n) is 16.5. The number of aryl methyl sites for hydroxylation is 2. The summed E-state index contributed by atoms with van der Waals surface area (Å²) in [5, 5.41) is 13.2. The number of carbonyl (C=O) groups is 1. The Kier molecular flexibility index (Phi) is 5.01. The Hall–Kier alpha value is -2.38. The van der Waals surface area contributed by atoms with E-state index >= 15 is 0 Å². The molecule has 0 spiro atoms. The fourth-order valence-corrected chi connectivity index (χ4v) is 4.00. The van der Waals surface area contributed by atoms with E-state index in [4.69, 9.17) is 4.74 Å². The molecule has 0 fully saturated rings. The second kappa shape index (κ2) is 6.98. The molecule has 0 bridgehead atoms. The Labute approximate surface area is 163 Å². The van der Waals surface area contributed by atoms with Gasteiger partial charge in [0.15, 0.2) is 0 Å². The summed E-state index contributed by atoms with van der Waals surface area (Å²) in [7, 11) is 3.61. The van der Waals surface area contributed by atoms with Crippen LogP contribution in [-0.2, 0) is 11.8 Å². The van der Waals surface area contributed by atoms with Crippen LogP contribution in [0.15, 0.2) is 30.5 Å². The standard InChI is InChI=1S/C20H25N3O3S/c1-12-18(23(6)19(25)26-20(2,3)4)27-17(21-12)16(24)14-11-22(5)15-10-8-7-9-13(14)15/h7-11,16,24H,1-6H3. The summed E-state index contributed by atoms with van der Waals surface area (Å²) in [6, 6.07) is 7.93. The molecule has 3 aromatic rings. The van der Waals surface area contributed by atoms with Crippen LogP contribution in [-0.4, -0.2) is 33.4 Å². The van der Waals surface area contributed by atoms with Gasteiger partial charge in [-0.15, -0.1) is 0 Å². The van der Waals surface area contributed by atoms with Crippen LogP contribution < -0.4 is 4.90 Å². The summed E-state index contributed by atoms with van der Waals surface area (Å²) in [6.45, 7) is 7.31. The van der Waals surface area contributed by atoms with Crippen molar-refractivity contribution >= 4 is 33.3 Å². The number of ether oxygens (including phenoxy) is 1. The van der Waals surface area contributed by atoms with E-state index in [2.05, 4.69) is 4.98 Å². The number of thiazole rings is 1. The SMILES string of the molecule is Cc1nc(C(O)c2cn(C)c3ccccc23)sc1N(C)C(=O)OC(C)(C)C. The number of rotatable bonds is 3. The largest absolute Gasteiger partial charge is 0.443 e. The summed E-state index contributed by atoms with van der Waals surface area (Å²) < 4.78 is 7.41. The van der Waals surface area contributed by atoms with Gasteiger partial charge in [0.05, 0.1) is 5.69 Å². The lowest BCUT2D eigenvalue weighted by atomic mass is 10.1. The van der Waals surface area contributed by atoms with Crippen molar-refractivity contribution in [3.05, 3.63) is 46.7 Å². The van der Waals surface area contributed by atoms with Crippen molar-refractivity contribution in [1.29, 1.82) is 0 Å². The molecule has 1 atom stereocenters. The smallest absolute Gasteiger partial charge is 0.415 e. The van der Waals surface area contributed by atoms with Gasteiger partial charge < -0.3 is 14.4 Å². The molecule has 3 rings (SSSR count). The van der Waals surface area contributed by atoms with Crippen LogP contribution >= 0.6 is 11.3 Å². The van der Waals surface area contributed by atoms with Crippen molar-refractivity contribution < 1.29 is 14.6 Å². The molecule has 0 aliphatic heterocycles. The molecule has 0 saturated carbocycles. The Morgan fingerprint density at radius 1 is 1.33 bits per heavy atom. The fraction of sp³-hybridized carbons (Fsp3) is 0.400. The van der Waals surface area contributed by atoms with Crippen LogP contribution in [0.3, 0.4) is 0 Å². The van der Waals surface area contributed by atoms with Crippen molar-refractivity contribution in [3.63, 3.8) is 0 Å². The highest BCUT2D eigenvalue weighted by Crippen LogP contribution is 2.36. The van der Waals surface area contributed by atoms with E-state index in [0.717, 1.165) is 16.5 Å². The molecule has 2 aromatic heterocycles. The van der Waals surface area contributed by atoms with Gasteiger partial charge in [0, 0.05) is 36.8 Å². The Morgan fingerprint density at radius 3 is 2.67 bits per heavy atom. The molecule has 144 valence electrons. The van der Waals surface area contributed by atoms with Gasteiger partial charge in [-0.05, 0) is 33.8 Å². The van der Waals surface area contributed by atoms with E-state index in [-0.39, 0.29) is 0 Å². The number of aliphatic hydroxyl groups is 1. The number of nitrogens with zero attached hydrogens (tertiary/aromatic N) is 3. The number of fused-ring (bicyclic) bond motifs is 1. The molecule has 2 heterocycles. The number of anilines is 1. The molecule has 7 heteroatoms. The van der Waals surface area contributed by atoms with Gasteiger partial charge in [-0.25, -0.2) is 9.78 Å². The average molecular weight is 388 g/mol. The summed E-state index contributed by atoms with van der Waals surface area (Å²) in [5.41, 5.74) is 1.96. The van der Waals surface area contributed by atoms with E-state index in [1.807, 2.05) is 69.8 Å². The highest BCUT2D eigenvalue weighted by atomic mass is 32.1. The first-order chi connectivity index (χ1) is 12.6. The number of hydrogen-bond acceptors (Lipinski definition) is 5. The minimum absolute atomic E-state index is 0.444. The molecule has 1 amide bonds. The number of benzene rings is 1. The maximum Gasteiger partial charge on any atom is 0.415 e. The first kappa shape index (κ1) is 19.4. The monoisotopic (exact) mass is 387 g/mol. The van der Waals surface area contributed by atoms with Crippen LogP contribution in [0, 0.1) is 6.92 Å². The Bertz CT molecular complexity index is 984. The van der Waals surface area contributed by atoms with Gasteiger partial charge >= 0.3 is 6.09 Å². The molecule has 27 heavy (non-hydrogen) atoms. The van der Waals surface area contributed by atoms with Gasteiger partial charge in [0.1, 0.15) is 21.7 Å². The molecular weight excluding hydrogens is 362 g/mol. The quantitative estimate of drug-likeness (QED) is 0.723. The van der Waals surface area contributed by atoms with Gasteiger partial charge in [0.25, 0.3) is 0 Å². The Balaban J connectivity index is 1.92. The lowest BCUT2D eigenvalue weighted by Gasteiger charge is -2.24. The normalized spacial score (nSPS) is 13.0. The van der Waals surface area contributed by atoms with Crippen molar-refractivity contribution in [3.8, 4) is 0 Å². The van der Waals surface area contributed by atoms with Crippen molar-refractivity contribution in [1.82, 2.24) is 9.55 Å². The molecule has 0 aliphatic carbocycles. The third-order valence-corrected chi connectivity index (χ3v) is 5.50. The third kappa shape index (κ3) is 3.84. The van der Waals surface area contributed by atoms with Gasteiger partial charge in [0.2, 0.25) is 0 Å². The molecule has 1 aromatic carbocycles. The predicted molar refractivity (Wildman–Crippen MR) is 108 cm³/mol. The number of aromatic nitrogens is 2. The minimum atomic E-state index is -0.861. The summed E-state index contributed by atoms with van der Waals surface area (Å²) in [5.74, 6) is 0. The average Bonchev–Trinajstić information content (AvgIpc) is 3.13. The summed E-state index contributed by atoms with van der Waals surface area (Å²) >= 11 is 1.30. The molecule has 0 aliphatic rings. The van der Waals surface area contributed by atoms with E-state index in [0.29, 0.717) is 15.7 Å². The third-order valence-electron chi connectivity index (χ3n) is 4.22. The van der Waals surface area contributed by atoms with Gasteiger partial charge in [-0.2, -0.15) is 0 Å². The van der Waals surface area contributed by atoms with Crippen molar-refractivity contribution in [2.24, 2.45) is 7.05 Å². The van der Waals surface area contributed by atoms with E-state index < -0.39 is 17.8 Å². The molecule has 0 radical (unpaired) electrons. The van der Waals surface area contributed by atoms with E-state index in [9.17, 15) is 9.90 Å². The number of hydrogen-bond donors (Lipinski definition) is 1. The molecule has 6 nitrogen and oxygen atoms in total. The summed E-state index contributed by atoms with van der Waals surface area (Å²) in [6.07, 6.45) is 0.615. The van der Waals surface area contributed by atoms with Crippen LogP contribution in [0.4, 0.5) is 9.80 Å². The number of para-hydroxylation sites is 1. The second-order valence-corrected chi connectivity index (χ2v) is 8.61. The topological polar surface area (TPSA) is 67.6 Å². The Morgan fingerprint density at radius 2 is 2.00 bits per heavy atom. The fourth-order valence-electron chi connectivity index (χ4n) is 2.97. The minimum Gasteiger partial charge on any atom is -0.443 e. The van der Waals surface area contributed by atoms with Crippen LogP contribution in [0.1, 0.15) is 43.1 Å². The maximum absolute atomic E-state index is 12.4. The van der Waals surface area contributed by atoms with Crippen LogP contribution in [0.2, 0.25) is 0 Å². The maximum atomic E-state index is 12.4. The molecule has 1 unspecified atom stereocenters. The molecular formula is C20H25N3O3S. The first-order valence-corrected chi connectivity index (χ1v) is 9.56. The zero-order valence-corrected chi connectivity index (χ0v) is 17.3. The number of aliphatic hydroxyl groups excluding tert-OH is 1. The van der Waals surface area contributed by atoms with E-state index in [1.165, 1.54) is 16.2 Å².